The van der Waals surface area contributed by atoms with Crippen LogP contribution in [0.5, 0.6) is 0 Å². The number of benzene rings is 1. The zero-order valence-electron chi connectivity index (χ0n) is 16.3. The molecule has 0 unspecified atom stereocenters. The molecule has 1 aromatic rings. The van der Waals surface area contributed by atoms with Crippen molar-refractivity contribution < 1.29 is 4.58 Å². The zero-order valence-corrected chi connectivity index (χ0v) is 16.3. The van der Waals surface area contributed by atoms with Gasteiger partial charge in [-0.1, -0.05) is 38.5 Å². The van der Waals surface area contributed by atoms with E-state index >= 15 is 0 Å². The van der Waals surface area contributed by atoms with Gasteiger partial charge in [-0.05, 0) is 67.9 Å². The number of rotatable bonds is 2. The molecule has 0 aromatic heterocycles. The van der Waals surface area contributed by atoms with Gasteiger partial charge in [0.25, 0.3) is 0 Å². The SMILES string of the molecule is Cc1cc(C)c(N2C=[N+]([C@@H]3C[C@H]4C[C@@H]([C@H]3C)C4(C)C)CC2)c(C)c1. The van der Waals surface area contributed by atoms with Gasteiger partial charge in [0.05, 0.1) is 6.04 Å². The molecule has 130 valence electrons. The number of hydrogen-bond donors (Lipinski definition) is 0. The Hall–Kier alpha value is -1.31. The first-order chi connectivity index (χ1) is 11.3. The van der Waals surface area contributed by atoms with Gasteiger partial charge in [0, 0.05) is 0 Å². The fourth-order valence-corrected chi connectivity index (χ4v) is 6.12. The van der Waals surface area contributed by atoms with Crippen LogP contribution >= 0.6 is 0 Å². The minimum absolute atomic E-state index is 0.583. The number of fused-ring (bicyclic) bond motifs is 2. The second-order valence-corrected chi connectivity index (χ2v) is 9.32. The topological polar surface area (TPSA) is 6.25 Å². The Morgan fingerprint density at radius 3 is 2.33 bits per heavy atom. The maximum absolute atomic E-state index is 2.66. The Bertz CT molecular complexity index is 677. The van der Waals surface area contributed by atoms with Gasteiger partial charge < -0.3 is 0 Å². The number of anilines is 1. The van der Waals surface area contributed by atoms with Crippen LogP contribution in [-0.4, -0.2) is 30.0 Å². The lowest BCUT2D eigenvalue weighted by Crippen LogP contribution is -2.59. The van der Waals surface area contributed by atoms with Crippen LogP contribution in [0.2, 0.25) is 0 Å². The summed E-state index contributed by atoms with van der Waals surface area (Å²) < 4.78 is 2.66. The average Bonchev–Trinajstić information content (AvgIpc) is 2.95. The van der Waals surface area contributed by atoms with Gasteiger partial charge >= 0.3 is 0 Å². The Balaban J connectivity index is 1.59. The Labute approximate surface area is 147 Å². The van der Waals surface area contributed by atoms with Crippen molar-refractivity contribution in [2.45, 2.75) is 60.4 Å². The van der Waals surface area contributed by atoms with Gasteiger partial charge in [-0.2, -0.15) is 0 Å². The lowest BCUT2D eigenvalue weighted by Gasteiger charge is -2.61. The molecule has 3 saturated carbocycles. The molecule has 24 heavy (non-hydrogen) atoms. The minimum atomic E-state index is 0.583. The highest BCUT2D eigenvalue weighted by atomic mass is 15.3. The van der Waals surface area contributed by atoms with Crippen LogP contribution in [0, 0.1) is 43.9 Å². The van der Waals surface area contributed by atoms with E-state index in [9.17, 15) is 0 Å². The highest BCUT2D eigenvalue weighted by molar-refractivity contribution is 5.81. The van der Waals surface area contributed by atoms with E-state index in [0.717, 1.165) is 30.3 Å². The molecule has 2 nitrogen and oxygen atoms in total. The lowest BCUT2D eigenvalue weighted by atomic mass is 9.44. The summed E-state index contributed by atoms with van der Waals surface area (Å²) in [4.78, 5) is 2.50. The van der Waals surface area contributed by atoms with Crippen molar-refractivity contribution >= 4 is 12.0 Å². The standard InChI is InChI=1S/C22H33N2/c1-14-9-15(2)21(16(3)10-14)24-8-7-23(13-24)20-12-18-11-19(17(20)4)22(18,5)6/h9-10,13,17-20H,7-8,11-12H2,1-6H3/q+1/t17-,18-,19+,20-/m1/s1. The summed E-state index contributed by atoms with van der Waals surface area (Å²) in [6.45, 7) is 16.5. The predicted molar refractivity (Wildman–Crippen MR) is 102 cm³/mol. The van der Waals surface area contributed by atoms with Crippen LogP contribution in [0.1, 0.15) is 50.3 Å². The molecule has 3 fully saturated rings. The Kier molecular flexibility index (Phi) is 3.60. The van der Waals surface area contributed by atoms with E-state index in [1.54, 1.807) is 0 Å². The monoisotopic (exact) mass is 325 g/mol. The highest BCUT2D eigenvalue weighted by Crippen LogP contribution is 2.61. The number of aryl methyl sites for hydroxylation is 3. The predicted octanol–water partition coefficient (Wildman–Crippen LogP) is 4.54. The molecule has 0 N–H and O–H groups in total. The van der Waals surface area contributed by atoms with E-state index in [4.69, 9.17) is 0 Å². The van der Waals surface area contributed by atoms with Gasteiger partial charge in [-0.15, -0.1) is 0 Å². The summed E-state index contributed by atoms with van der Waals surface area (Å²) in [7, 11) is 0. The van der Waals surface area contributed by atoms with Gasteiger partial charge in [-0.3, -0.25) is 4.58 Å². The van der Waals surface area contributed by atoms with Crippen molar-refractivity contribution in [1.82, 2.24) is 0 Å². The molecule has 2 bridgehead atoms. The van der Waals surface area contributed by atoms with E-state index in [0.29, 0.717) is 5.41 Å². The van der Waals surface area contributed by atoms with Gasteiger partial charge in [0.15, 0.2) is 0 Å². The van der Waals surface area contributed by atoms with Gasteiger partial charge in [0.2, 0.25) is 6.34 Å². The van der Waals surface area contributed by atoms with Gasteiger partial charge in [0.1, 0.15) is 18.8 Å². The third-order valence-corrected chi connectivity index (χ3v) is 7.55. The summed E-state index contributed by atoms with van der Waals surface area (Å²) in [6.07, 6.45) is 5.29. The molecule has 0 radical (unpaired) electrons. The zero-order chi connectivity index (χ0) is 17.2. The average molecular weight is 326 g/mol. The molecule has 1 heterocycles. The largest absolute Gasteiger partial charge is 0.261 e. The van der Waals surface area contributed by atoms with Crippen LogP contribution in [0.25, 0.3) is 0 Å². The van der Waals surface area contributed by atoms with Crippen molar-refractivity contribution in [2.75, 3.05) is 18.0 Å². The molecule has 1 aliphatic heterocycles. The summed E-state index contributed by atoms with van der Waals surface area (Å²) in [5, 5.41) is 0. The molecule has 0 amide bonds. The lowest BCUT2D eigenvalue weighted by molar-refractivity contribution is -0.575. The van der Waals surface area contributed by atoms with Crippen LogP contribution < -0.4 is 4.90 Å². The van der Waals surface area contributed by atoms with E-state index < -0.39 is 0 Å². The highest BCUT2D eigenvalue weighted by Gasteiger charge is 2.58. The van der Waals surface area contributed by atoms with Gasteiger partial charge in [-0.25, -0.2) is 4.90 Å². The molecule has 0 spiro atoms. The third kappa shape index (κ3) is 2.25. The van der Waals surface area contributed by atoms with Crippen LogP contribution in [0.4, 0.5) is 5.69 Å². The molecular weight excluding hydrogens is 292 g/mol. The van der Waals surface area contributed by atoms with Crippen molar-refractivity contribution in [2.24, 2.45) is 23.2 Å². The Morgan fingerprint density at radius 2 is 1.75 bits per heavy atom. The fraction of sp³-hybridized carbons (Fsp3) is 0.682. The van der Waals surface area contributed by atoms with Crippen molar-refractivity contribution in [3.8, 4) is 0 Å². The summed E-state index contributed by atoms with van der Waals surface area (Å²) >= 11 is 0. The fourth-order valence-electron chi connectivity index (χ4n) is 6.12. The number of nitrogens with zero attached hydrogens (tertiary/aromatic N) is 2. The van der Waals surface area contributed by atoms with E-state index in [1.807, 2.05) is 0 Å². The summed E-state index contributed by atoms with van der Waals surface area (Å²) in [5.74, 6) is 2.68. The smallest absolute Gasteiger partial charge is 0.239 e. The molecule has 5 rings (SSSR count). The molecule has 0 saturated heterocycles. The Morgan fingerprint density at radius 1 is 1.08 bits per heavy atom. The van der Waals surface area contributed by atoms with Crippen molar-refractivity contribution in [3.05, 3.63) is 28.8 Å². The molecule has 2 heteroatoms. The third-order valence-electron chi connectivity index (χ3n) is 7.55. The van der Waals surface area contributed by atoms with E-state index in [-0.39, 0.29) is 0 Å². The summed E-state index contributed by atoms with van der Waals surface area (Å²) in [6, 6.07) is 5.39. The quantitative estimate of drug-likeness (QED) is 0.723. The maximum Gasteiger partial charge on any atom is 0.239 e. The minimum Gasteiger partial charge on any atom is -0.261 e. The first-order valence-electron chi connectivity index (χ1n) is 9.74. The first kappa shape index (κ1) is 16.2. The normalized spacial score (nSPS) is 34.1. The van der Waals surface area contributed by atoms with Crippen molar-refractivity contribution in [3.63, 3.8) is 0 Å². The maximum atomic E-state index is 2.66. The van der Waals surface area contributed by atoms with Crippen molar-refractivity contribution in [1.29, 1.82) is 0 Å². The van der Waals surface area contributed by atoms with Crippen LogP contribution in [0.3, 0.4) is 0 Å². The molecule has 3 aliphatic carbocycles. The summed E-state index contributed by atoms with van der Waals surface area (Å²) in [5.41, 5.74) is 6.20. The second-order valence-electron chi connectivity index (χ2n) is 9.32. The van der Waals surface area contributed by atoms with Crippen LogP contribution in [0.15, 0.2) is 12.1 Å². The second kappa shape index (κ2) is 5.34. The molecule has 4 atom stereocenters. The first-order valence-corrected chi connectivity index (χ1v) is 9.74. The number of hydrogen-bond acceptors (Lipinski definition) is 1. The molecule has 1 aromatic carbocycles. The van der Waals surface area contributed by atoms with E-state index in [2.05, 4.69) is 69.5 Å². The molecular formula is C22H33N2+. The molecule has 4 aliphatic rings. The van der Waals surface area contributed by atoms with Crippen LogP contribution in [-0.2, 0) is 0 Å². The van der Waals surface area contributed by atoms with E-state index in [1.165, 1.54) is 41.8 Å².